The Morgan fingerprint density at radius 1 is 1.00 bits per heavy atom. The number of rotatable bonds is 7. The summed E-state index contributed by atoms with van der Waals surface area (Å²) in [5, 5.41) is 7.43. The minimum Gasteiger partial charge on any atom is -0.493 e. The number of hydrogen-bond acceptors (Lipinski definition) is 11. The maximum atomic E-state index is 14.1. The molecular formula is C20H19FN6O4S. The van der Waals surface area contributed by atoms with Crippen LogP contribution in [0.4, 0.5) is 26.7 Å². The molecule has 4 rings (SSSR count). The van der Waals surface area contributed by atoms with E-state index in [1.165, 1.54) is 50.9 Å². The molecule has 0 spiro atoms. The van der Waals surface area contributed by atoms with E-state index in [9.17, 15) is 4.39 Å². The number of nitrogen functional groups attached to an aromatic ring is 2. The third kappa shape index (κ3) is 3.95. The van der Waals surface area contributed by atoms with Crippen molar-refractivity contribution in [3.63, 3.8) is 0 Å². The summed E-state index contributed by atoms with van der Waals surface area (Å²) in [6, 6.07) is 7.57. The Labute approximate surface area is 185 Å². The van der Waals surface area contributed by atoms with Crippen LogP contribution in [0.15, 0.2) is 34.9 Å². The molecule has 0 saturated heterocycles. The first-order valence-corrected chi connectivity index (χ1v) is 9.98. The largest absolute Gasteiger partial charge is 0.493 e. The van der Waals surface area contributed by atoms with Crippen LogP contribution in [0.1, 0.15) is 0 Å². The van der Waals surface area contributed by atoms with Crippen LogP contribution in [-0.4, -0.2) is 36.5 Å². The molecule has 2 heterocycles. The van der Waals surface area contributed by atoms with Crippen molar-refractivity contribution in [1.29, 1.82) is 0 Å². The number of methoxy groups -OCH3 is 3. The molecular weight excluding hydrogens is 439 g/mol. The number of nitrogens with zero attached hydrogens (tertiary/aromatic N) is 3. The lowest BCUT2D eigenvalue weighted by Gasteiger charge is -2.14. The van der Waals surface area contributed by atoms with Crippen LogP contribution < -0.4 is 31.0 Å². The van der Waals surface area contributed by atoms with Crippen molar-refractivity contribution in [3.05, 3.63) is 36.1 Å². The van der Waals surface area contributed by atoms with E-state index in [2.05, 4.69) is 20.4 Å². The summed E-state index contributed by atoms with van der Waals surface area (Å²) in [6.07, 6.45) is 0. The molecule has 0 radical (unpaired) electrons. The molecule has 166 valence electrons. The smallest absolute Gasteiger partial charge is 0.272 e. The fraction of sp³-hybridized carbons (Fsp3) is 0.150. The first kappa shape index (κ1) is 21.2. The van der Waals surface area contributed by atoms with Gasteiger partial charge in [0.25, 0.3) is 5.89 Å². The number of halogens is 1. The molecule has 4 aromatic rings. The van der Waals surface area contributed by atoms with Gasteiger partial charge < -0.3 is 35.5 Å². The van der Waals surface area contributed by atoms with Crippen molar-refractivity contribution in [1.82, 2.24) is 15.1 Å². The highest BCUT2D eigenvalue weighted by atomic mass is 32.1. The molecule has 0 aliphatic carbocycles. The van der Waals surface area contributed by atoms with Gasteiger partial charge in [-0.25, -0.2) is 9.37 Å². The Balaban J connectivity index is 1.63. The number of anilines is 4. The van der Waals surface area contributed by atoms with Crippen molar-refractivity contribution in [2.45, 2.75) is 0 Å². The quantitative estimate of drug-likeness (QED) is 0.348. The second-order valence-electron chi connectivity index (χ2n) is 6.43. The highest BCUT2D eigenvalue weighted by molar-refractivity contribution is 7.19. The van der Waals surface area contributed by atoms with Crippen molar-refractivity contribution in [2.75, 3.05) is 38.1 Å². The minimum absolute atomic E-state index is 0.0525. The number of nitrogens with two attached hydrogens (primary N) is 2. The third-order valence-corrected chi connectivity index (χ3v) is 5.40. The van der Waals surface area contributed by atoms with Crippen LogP contribution in [0.5, 0.6) is 17.2 Å². The molecule has 0 unspecified atom stereocenters. The van der Waals surface area contributed by atoms with Crippen LogP contribution >= 0.6 is 11.3 Å². The maximum absolute atomic E-state index is 14.1. The Morgan fingerprint density at radius 2 is 1.72 bits per heavy atom. The molecule has 12 heteroatoms. The van der Waals surface area contributed by atoms with E-state index in [-0.39, 0.29) is 23.1 Å². The molecule has 0 amide bonds. The summed E-state index contributed by atoms with van der Waals surface area (Å²) in [4.78, 5) is 8.98. The SMILES string of the molecule is COc1cc(Nc2nc(N)c(-c3nc(-c4cc(N)ccc4F)no3)s2)cc(OC)c1OC. The summed E-state index contributed by atoms with van der Waals surface area (Å²) >= 11 is 1.19. The average Bonchev–Trinajstić information content (AvgIpc) is 3.41. The fourth-order valence-electron chi connectivity index (χ4n) is 2.95. The zero-order valence-corrected chi connectivity index (χ0v) is 18.1. The van der Waals surface area contributed by atoms with Crippen LogP contribution in [0.25, 0.3) is 22.2 Å². The van der Waals surface area contributed by atoms with Gasteiger partial charge in [-0.3, -0.25) is 0 Å². The van der Waals surface area contributed by atoms with Crippen LogP contribution in [0.2, 0.25) is 0 Å². The van der Waals surface area contributed by atoms with Gasteiger partial charge in [-0.2, -0.15) is 4.98 Å². The van der Waals surface area contributed by atoms with Gasteiger partial charge in [0.1, 0.15) is 16.5 Å². The van der Waals surface area contributed by atoms with Gasteiger partial charge in [0.2, 0.25) is 11.6 Å². The van der Waals surface area contributed by atoms with Gasteiger partial charge in [0.15, 0.2) is 16.6 Å². The van der Waals surface area contributed by atoms with E-state index < -0.39 is 5.82 Å². The van der Waals surface area contributed by atoms with E-state index in [4.69, 9.17) is 30.2 Å². The lowest BCUT2D eigenvalue weighted by Crippen LogP contribution is -1.97. The van der Waals surface area contributed by atoms with Gasteiger partial charge in [-0.1, -0.05) is 16.5 Å². The predicted molar refractivity (Wildman–Crippen MR) is 119 cm³/mol. The van der Waals surface area contributed by atoms with Crippen molar-refractivity contribution in [3.8, 4) is 39.4 Å². The fourth-order valence-corrected chi connectivity index (χ4v) is 3.78. The summed E-state index contributed by atoms with van der Waals surface area (Å²) in [5.74, 6) is 1.23. The van der Waals surface area contributed by atoms with Crippen LogP contribution in [0.3, 0.4) is 0 Å². The minimum atomic E-state index is -0.520. The first-order chi connectivity index (χ1) is 15.4. The molecule has 0 aliphatic heterocycles. The van der Waals surface area contributed by atoms with E-state index in [1.807, 2.05) is 0 Å². The second-order valence-corrected chi connectivity index (χ2v) is 7.43. The van der Waals surface area contributed by atoms with Gasteiger partial charge in [0.05, 0.1) is 26.9 Å². The van der Waals surface area contributed by atoms with E-state index in [1.54, 1.807) is 12.1 Å². The van der Waals surface area contributed by atoms with Crippen LogP contribution in [0, 0.1) is 5.82 Å². The third-order valence-electron chi connectivity index (χ3n) is 4.42. The Kier molecular flexibility index (Phi) is 5.69. The standard InChI is InChI=1S/C20H19FN6O4S/c1-28-13-7-10(8-14(29-2)15(13)30-3)24-20-25-17(23)16(32-20)19-26-18(27-31-19)11-6-9(22)4-5-12(11)21/h4-8H,22-23H2,1-3H3,(H,24,25). The molecule has 32 heavy (non-hydrogen) atoms. The molecule has 2 aromatic carbocycles. The Hall–Kier alpha value is -4.06. The summed E-state index contributed by atoms with van der Waals surface area (Å²) in [5.41, 5.74) is 12.9. The summed E-state index contributed by atoms with van der Waals surface area (Å²) < 4.78 is 35.4. The number of nitrogens with one attached hydrogen (secondary N) is 1. The van der Waals surface area contributed by atoms with Gasteiger partial charge >= 0.3 is 0 Å². The first-order valence-electron chi connectivity index (χ1n) is 9.16. The topological polar surface area (TPSA) is 144 Å². The number of hydrogen-bond donors (Lipinski definition) is 3. The van der Waals surface area contributed by atoms with Gasteiger partial charge in [0, 0.05) is 23.5 Å². The second kappa shape index (κ2) is 8.59. The molecule has 0 bridgehead atoms. The maximum Gasteiger partial charge on any atom is 0.272 e. The molecule has 0 aliphatic rings. The molecule has 5 N–H and O–H groups in total. The lowest BCUT2D eigenvalue weighted by molar-refractivity contribution is 0.324. The number of thiazole rings is 1. The molecule has 10 nitrogen and oxygen atoms in total. The zero-order chi connectivity index (χ0) is 22.8. The van der Waals surface area contributed by atoms with Crippen molar-refractivity contribution < 1.29 is 23.1 Å². The highest BCUT2D eigenvalue weighted by Crippen LogP contribution is 2.42. The Bertz CT molecular complexity index is 1250. The summed E-state index contributed by atoms with van der Waals surface area (Å²) in [7, 11) is 4.57. The highest BCUT2D eigenvalue weighted by Gasteiger charge is 2.20. The van der Waals surface area contributed by atoms with E-state index in [0.29, 0.717) is 38.6 Å². The number of aromatic nitrogens is 3. The average molecular weight is 458 g/mol. The van der Waals surface area contributed by atoms with Crippen molar-refractivity contribution >= 4 is 33.7 Å². The van der Waals surface area contributed by atoms with Gasteiger partial charge in [-0.15, -0.1) is 0 Å². The number of ether oxygens (including phenoxy) is 3. The van der Waals surface area contributed by atoms with Gasteiger partial charge in [-0.05, 0) is 18.2 Å². The van der Waals surface area contributed by atoms with E-state index >= 15 is 0 Å². The molecule has 0 saturated carbocycles. The van der Waals surface area contributed by atoms with Crippen LogP contribution in [-0.2, 0) is 0 Å². The lowest BCUT2D eigenvalue weighted by atomic mass is 10.2. The predicted octanol–water partition coefficient (Wildman–Crippen LogP) is 3.93. The summed E-state index contributed by atoms with van der Waals surface area (Å²) in [6.45, 7) is 0. The monoisotopic (exact) mass is 458 g/mol. The molecule has 0 atom stereocenters. The molecule has 0 fully saturated rings. The number of benzene rings is 2. The molecule has 2 aromatic heterocycles. The Morgan fingerprint density at radius 3 is 2.38 bits per heavy atom. The normalized spacial score (nSPS) is 10.8. The van der Waals surface area contributed by atoms with E-state index in [0.717, 1.165) is 0 Å². The van der Waals surface area contributed by atoms with Crippen molar-refractivity contribution in [2.24, 2.45) is 0 Å². The zero-order valence-electron chi connectivity index (χ0n) is 17.3.